The minimum Gasteiger partial charge on any atom is -0.375 e. The number of hydrogen-bond acceptors (Lipinski definition) is 7. The van der Waals surface area contributed by atoms with Crippen molar-refractivity contribution in [3.63, 3.8) is 0 Å². The summed E-state index contributed by atoms with van der Waals surface area (Å²) < 4.78 is 14.5. The van der Waals surface area contributed by atoms with E-state index >= 15 is 0 Å². The summed E-state index contributed by atoms with van der Waals surface area (Å²) in [4.78, 5) is 21.1. The van der Waals surface area contributed by atoms with E-state index in [0.29, 0.717) is 22.5 Å². The monoisotopic (exact) mass is 507 g/mol. The Balaban J connectivity index is 1.32. The molecule has 2 aromatic heterocycles. The summed E-state index contributed by atoms with van der Waals surface area (Å²) in [7, 11) is 2.09. The van der Waals surface area contributed by atoms with E-state index in [-0.39, 0.29) is 11.5 Å². The van der Waals surface area contributed by atoms with Gasteiger partial charge in [0.15, 0.2) is 0 Å². The summed E-state index contributed by atoms with van der Waals surface area (Å²) in [5.41, 5.74) is 2.96. The number of nitrogens with one attached hydrogen (secondary N) is 2. The van der Waals surface area contributed by atoms with E-state index in [1.165, 1.54) is 24.3 Å². The van der Waals surface area contributed by atoms with Crippen molar-refractivity contribution in [2.24, 2.45) is 0 Å². The molecule has 0 bridgehead atoms. The number of piperazine rings is 1. The van der Waals surface area contributed by atoms with E-state index in [9.17, 15) is 9.18 Å². The van der Waals surface area contributed by atoms with E-state index in [1.807, 2.05) is 6.20 Å². The van der Waals surface area contributed by atoms with E-state index in [4.69, 9.17) is 11.6 Å². The van der Waals surface area contributed by atoms with Crippen molar-refractivity contribution in [1.82, 2.24) is 25.0 Å². The molecule has 0 unspecified atom stereocenters. The van der Waals surface area contributed by atoms with Crippen LogP contribution in [0.25, 0.3) is 11.3 Å². The fourth-order valence-electron chi connectivity index (χ4n) is 4.03. The maximum Gasteiger partial charge on any atom is 0.250 e. The van der Waals surface area contributed by atoms with Crippen molar-refractivity contribution in [3.05, 3.63) is 71.4 Å². The number of amides is 1. The smallest absolute Gasteiger partial charge is 0.250 e. The summed E-state index contributed by atoms with van der Waals surface area (Å²) in [6.45, 7) is 3.73. The fraction of sp³-hybridized carbons (Fsp3) is 0.308. The lowest BCUT2D eigenvalue weighted by atomic mass is 10.1. The van der Waals surface area contributed by atoms with Gasteiger partial charge in [-0.3, -0.25) is 4.79 Å². The van der Waals surface area contributed by atoms with Gasteiger partial charge in [-0.1, -0.05) is 11.6 Å². The standard InChI is InChI=1S/C26H27ClFN7O/c1-34-10-12-35(13-11-34)9-7-25(36)31-24-15-19(6-8-29-24)30-23-16-22(32-33-26(23)17-2-3-17)20-14-18(27)4-5-21(20)28/h4-9,14-17H,2-3,10-13H2,1H3,(H2,29,30,31,32,36). The van der Waals surface area contributed by atoms with Gasteiger partial charge < -0.3 is 20.4 Å². The molecule has 1 aliphatic carbocycles. The second-order valence-corrected chi connectivity index (χ2v) is 9.56. The Morgan fingerprint density at radius 1 is 1.11 bits per heavy atom. The van der Waals surface area contributed by atoms with Crippen LogP contribution < -0.4 is 10.6 Å². The molecule has 36 heavy (non-hydrogen) atoms. The van der Waals surface area contributed by atoms with Crippen molar-refractivity contribution in [1.29, 1.82) is 0 Å². The zero-order valence-corrected chi connectivity index (χ0v) is 20.7. The zero-order chi connectivity index (χ0) is 25.1. The number of pyridine rings is 1. The molecule has 3 aromatic rings. The van der Waals surface area contributed by atoms with E-state index < -0.39 is 5.82 Å². The number of hydrogen-bond donors (Lipinski definition) is 2. The van der Waals surface area contributed by atoms with E-state index in [1.54, 1.807) is 24.4 Å². The number of carbonyl (C=O) groups is 1. The summed E-state index contributed by atoms with van der Waals surface area (Å²) >= 11 is 6.08. The first-order valence-electron chi connectivity index (χ1n) is 11.9. The Hall–Kier alpha value is -3.56. The molecule has 0 atom stereocenters. The van der Waals surface area contributed by atoms with Gasteiger partial charge >= 0.3 is 0 Å². The maximum absolute atomic E-state index is 14.5. The molecular weight excluding hydrogens is 481 g/mol. The molecule has 10 heteroatoms. The van der Waals surface area contributed by atoms with Gasteiger partial charge in [0.05, 0.1) is 17.1 Å². The predicted octanol–water partition coefficient (Wildman–Crippen LogP) is 4.65. The van der Waals surface area contributed by atoms with Gasteiger partial charge in [0.2, 0.25) is 0 Å². The largest absolute Gasteiger partial charge is 0.375 e. The molecule has 2 N–H and O–H groups in total. The maximum atomic E-state index is 14.5. The summed E-state index contributed by atoms with van der Waals surface area (Å²) in [5.74, 6) is 0.0713. The highest BCUT2D eigenvalue weighted by Crippen LogP contribution is 2.43. The van der Waals surface area contributed by atoms with Gasteiger partial charge in [-0.15, -0.1) is 5.10 Å². The number of carbonyl (C=O) groups excluding carboxylic acids is 1. The van der Waals surface area contributed by atoms with E-state index in [0.717, 1.165) is 56.1 Å². The topological polar surface area (TPSA) is 86.3 Å². The normalized spacial score (nSPS) is 16.4. The number of nitrogens with zero attached hydrogens (tertiary/aromatic N) is 5. The van der Waals surface area contributed by atoms with Gasteiger partial charge in [-0.2, -0.15) is 5.10 Å². The van der Waals surface area contributed by atoms with Crippen LogP contribution in [0.4, 0.5) is 21.6 Å². The predicted molar refractivity (Wildman–Crippen MR) is 139 cm³/mol. The number of anilines is 3. The molecule has 2 aliphatic rings. The van der Waals surface area contributed by atoms with Crippen LogP contribution in [0, 0.1) is 5.82 Å². The molecule has 5 rings (SSSR count). The lowest BCUT2D eigenvalue weighted by Gasteiger charge is -2.31. The Morgan fingerprint density at radius 2 is 1.92 bits per heavy atom. The number of aromatic nitrogens is 3. The van der Waals surface area contributed by atoms with Crippen LogP contribution >= 0.6 is 11.6 Å². The SMILES string of the molecule is CN1CCN(C=CC(=O)Nc2cc(Nc3cc(-c4cc(Cl)ccc4F)nnc3C3CC3)ccn2)CC1. The molecule has 1 aromatic carbocycles. The van der Waals surface area contributed by atoms with Crippen LogP contribution in [0.1, 0.15) is 24.5 Å². The third-order valence-electron chi connectivity index (χ3n) is 6.26. The minimum absolute atomic E-state index is 0.249. The highest BCUT2D eigenvalue weighted by Gasteiger charge is 2.29. The van der Waals surface area contributed by atoms with Crippen LogP contribution in [-0.4, -0.2) is 64.1 Å². The average Bonchev–Trinajstić information content (AvgIpc) is 3.71. The number of halogens is 2. The van der Waals surface area contributed by atoms with Crippen molar-refractivity contribution < 1.29 is 9.18 Å². The number of rotatable bonds is 7. The van der Waals surface area contributed by atoms with Gasteiger partial charge in [0.1, 0.15) is 11.6 Å². The summed E-state index contributed by atoms with van der Waals surface area (Å²) in [6, 6.07) is 9.69. The molecule has 1 aliphatic heterocycles. The molecule has 1 saturated carbocycles. The molecule has 1 amide bonds. The third kappa shape index (κ3) is 5.98. The fourth-order valence-corrected chi connectivity index (χ4v) is 4.20. The summed E-state index contributed by atoms with van der Waals surface area (Å²) in [5, 5.41) is 15.3. The van der Waals surface area contributed by atoms with Crippen LogP contribution in [0.3, 0.4) is 0 Å². The molecule has 0 spiro atoms. The van der Waals surface area contributed by atoms with Gasteiger partial charge in [0, 0.05) is 72.9 Å². The molecule has 2 fully saturated rings. The van der Waals surface area contributed by atoms with Gasteiger partial charge in [-0.25, -0.2) is 9.37 Å². The third-order valence-corrected chi connectivity index (χ3v) is 6.49. The van der Waals surface area contributed by atoms with Crippen LogP contribution in [-0.2, 0) is 4.79 Å². The van der Waals surface area contributed by atoms with Crippen LogP contribution in [0.5, 0.6) is 0 Å². The highest BCUT2D eigenvalue weighted by molar-refractivity contribution is 6.30. The Kier molecular flexibility index (Phi) is 7.11. The Morgan fingerprint density at radius 3 is 2.69 bits per heavy atom. The Bertz CT molecular complexity index is 1290. The zero-order valence-electron chi connectivity index (χ0n) is 19.9. The number of likely N-dealkylation sites (N-methyl/N-ethyl adjacent to an activating group) is 1. The van der Waals surface area contributed by atoms with Gasteiger partial charge in [-0.05, 0) is 50.2 Å². The van der Waals surface area contributed by atoms with E-state index in [2.05, 4.69) is 42.7 Å². The van der Waals surface area contributed by atoms with Gasteiger partial charge in [0.25, 0.3) is 5.91 Å². The molecule has 0 radical (unpaired) electrons. The highest BCUT2D eigenvalue weighted by atomic mass is 35.5. The average molecular weight is 508 g/mol. The second kappa shape index (κ2) is 10.6. The molecule has 1 saturated heterocycles. The first-order valence-corrected chi connectivity index (χ1v) is 12.3. The lowest BCUT2D eigenvalue weighted by molar-refractivity contribution is -0.112. The van der Waals surface area contributed by atoms with Crippen LogP contribution in [0.2, 0.25) is 5.02 Å². The minimum atomic E-state index is -0.419. The Labute approximate surface area is 214 Å². The van der Waals surface area contributed by atoms with Crippen LogP contribution in [0.15, 0.2) is 54.9 Å². The first-order chi connectivity index (χ1) is 17.4. The van der Waals surface area contributed by atoms with Crippen molar-refractivity contribution in [2.45, 2.75) is 18.8 Å². The van der Waals surface area contributed by atoms with Crippen molar-refractivity contribution >= 4 is 34.7 Å². The molecule has 3 heterocycles. The number of benzene rings is 1. The molecule has 186 valence electrons. The summed E-state index contributed by atoms with van der Waals surface area (Å²) in [6.07, 6.45) is 7.03. The first kappa shape index (κ1) is 24.1. The van der Waals surface area contributed by atoms with Crippen molar-refractivity contribution in [3.8, 4) is 11.3 Å². The molecular formula is C26H27ClFN7O. The lowest BCUT2D eigenvalue weighted by Crippen LogP contribution is -2.41. The quantitative estimate of drug-likeness (QED) is 0.450. The molecule has 8 nitrogen and oxygen atoms in total. The second-order valence-electron chi connectivity index (χ2n) is 9.13. The van der Waals surface area contributed by atoms with Crippen molar-refractivity contribution in [2.75, 3.05) is 43.9 Å².